The molecule has 7 heteroatoms. The first-order valence-electron chi connectivity index (χ1n) is 7.08. The van der Waals surface area contributed by atoms with Gasteiger partial charge < -0.3 is 20.2 Å². The minimum atomic E-state index is -0.911. The van der Waals surface area contributed by atoms with Gasteiger partial charge in [0.25, 0.3) is 0 Å². The van der Waals surface area contributed by atoms with Crippen molar-refractivity contribution in [2.24, 2.45) is 11.8 Å². The lowest BCUT2D eigenvalue weighted by molar-refractivity contribution is -0.140. The van der Waals surface area contributed by atoms with Gasteiger partial charge in [0.2, 0.25) is 0 Å². The monoisotopic (exact) mass is 299 g/mol. The van der Waals surface area contributed by atoms with Gasteiger partial charge in [-0.25, -0.2) is 4.79 Å². The SMILES string of the molecule is CCC(C(=O)O)C1=C(NN)CCN(C(=O)OC(C)(C)C)C1. The van der Waals surface area contributed by atoms with Crippen LogP contribution < -0.4 is 11.3 Å². The highest BCUT2D eigenvalue weighted by Crippen LogP contribution is 2.26. The molecule has 1 heterocycles. The smallest absolute Gasteiger partial charge is 0.410 e. The molecule has 120 valence electrons. The normalized spacial score (nSPS) is 17.5. The summed E-state index contributed by atoms with van der Waals surface area (Å²) in [6.07, 6.45) is 0.503. The largest absolute Gasteiger partial charge is 0.481 e. The topological polar surface area (TPSA) is 105 Å². The number of nitrogens with zero attached hydrogens (tertiary/aromatic N) is 1. The van der Waals surface area contributed by atoms with Crippen molar-refractivity contribution in [1.29, 1.82) is 0 Å². The van der Waals surface area contributed by atoms with Gasteiger partial charge in [0, 0.05) is 25.2 Å². The maximum absolute atomic E-state index is 12.1. The van der Waals surface area contributed by atoms with Gasteiger partial charge in [0.1, 0.15) is 5.60 Å². The summed E-state index contributed by atoms with van der Waals surface area (Å²) >= 11 is 0. The van der Waals surface area contributed by atoms with Crippen molar-refractivity contribution in [3.63, 3.8) is 0 Å². The van der Waals surface area contributed by atoms with Crippen LogP contribution in [0.25, 0.3) is 0 Å². The molecule has 0 aromatic carbocycles. The van der Waals surface area contributed by atoms with Crippen LogP contribution in [0.3, 0.4) is 0 Å². The fourth-order valence-corrected chi connectivity index (χ4v) is 2.33. The number of amides is 1. The van der Waals surface area contributed by atoms with Crippen LogP contribution in [0.4, 0.5) is 4.79 Å². The number of carbonyl (C=O) groups excluding carboxylic acids is 1. The van der Waals surface area contributed by atoms with Crippen LogP contribution in [0, 0.1) is 5.92 Å². The molecule has 0 radical (unpaired) electrons. The molecule has 0 spiro atoms. The molecule has 1 amide bonds. The summed E-state index contributed by atoms with van der Waals surface area (Å²) in [6, 6.07) is 0. The first kappa shape index (κ1) is 17.3. The highest BCUT2D eigenvalue weighted by atomic mass is 16.6. The zero-order valence-corrected chi connectivity index (χ0v) is 13.1. The molecule has 0 aromatic rings. The number of ether oxygens (including phenoxy) is 1. The molecule has 21 heavy (non-hydrogen) atoms. The Bertz CT molecular complexity index is 440. The lowest BCUT2D eigenvalue weighted by Crippen LogP contribution is -2.44. The first-order valence-corrected chi connectivity index (χ1v) is 7.08. The molecule has 0 fully saturated rings. The van der Waals surface area contributed by atoms with Crippen LogP contribution in [0.5, 0.6) is 0 Å². The average molecular weight is 299 g/mol. The van der Waals surface area contributed by atoms with Crippen LogP contribution in [0.15, 0.2) is 11.3 Å². The fraction of sp³-hybridized carbons (Fsp3) is 0.714. The molecule has 0 aromatic heterocycles. The van der Waals surface area contributed by atoms with Crippen molar-refractivity contribution in [3.8, 4) is 0 Å². The summed E-state index contributed by atoms with van der Waals surface area (Å²) in [7, 11) is 0. The van der Waals surface area contributed by atoms with Crippen LogP contribution >= 0.6 is 0 Å². The number of nitrogens with one attached hydrogen (secondary N) is 1. The summed E-state index contributed by atoms with van der Waals surface area (Å²) in [4.78, 5) is 25.0. The second-order valence-electron chi connectivity index (χ2n) is 6.10. The van der Waals surface area contributed by atoms with E-state index < -0.39 is 23.6 Å². The number of carboxylic acids is 1. The van der Waals surface area contributed by atoms with Crippen molar-refractivity contribution in [1.82, 2.24) is 10.3 Å². The van der Waals surface area contributed by atoms with E-state index in [1.165, 1.54) is 4.90 Å². The van der Waals surface area contributed by atoms with Crippen molar-refractivity contribution in [2.75, 3.05) is 13.1 Å². The number of hydrogen-bond donors (Lipinski definition) is 3. The second-order valence-corrected chi connectivity index (χ2v) is 6.10. The Labute approximate surface area is 125 Å². The van der Waals surface area contributed by atoms with E-state index in [9.17, 15) is 14.7 Å². The lowest BCUT2D eigenvalue weighted by atomic mass is 9.91. The Morgan fingerprint density at radius 2 is 2.10 bits per heavy atom. The van der Waals surface area contributed by atoms with Gasteiger partial charge in [0.15, 0.2) is 0 Å². The zero-order chi connectivity index (χ0) is 16.2. The van der Waals surface area contributed by atoms with Gasteiger partial charge in [0.05, 0.1) is 5.92 Å². The second kappa shape index (κ2) is 6.80. The van der Waals surface area contributed by atoms with Gasteiger partial charge in [-0.3, -0.25) is 10.6 Å². The maximum Gasteiger partial charge on any atom is 0.410 e. The third-order valence-electron chi connectivity index (χ3n) is 3.33. The molecule has 1 aliphatic heterocycles. The summed E-state index contributed by atoms with van der Waals surface area (Å²) in [5, 5.41) is 9.31. The molecule has 1 aliphatic rings. The van der Waals surface area contributed by atoms with Gasteiger partial charge in [-0.2, -0.15) is 0 Å². The molecule has 1 unspecified atom stereocenters. The van der Waals surface area contributed by atoms with Gasteiger partial charge in [-0.15, -0.1) is 0 Å². The Kier molecular flexibility index (Phi) is 5.60. The molecule has 1 rings (SSSR count). The van der Waals surface area contributed by atoms with Crippen molar-refractivity contribution < 1.29 is 19.4 Å². The minimum Gasteiger partial charge on any atom is -0.481 e. The van der Waals surface area contributed by atoms with Crippen molar-refractivity contribution in [2.45, 2.75) is 46.1 Å². The third kappa shape index (κ3) is 4.63. The molecule has 7 nitrogen and oxygen atoms in total. The summed E-state index contributed by atoms with van der Waals surface area (Å²) in [5.74, 6) is 3.91. The summed E-state index contributed by atoms with van der Waals surface area (Å²) < 4.78 is 5.33. The van der Waals surface area contributed by atoms with Gasteiger partial charge in [-0.05, 0) is 32.8 Å². The summed E-state index contributed by atoms with van der Waals surface area (Å²) in [5.41, 5.74) is 3.33. The maximum atomic E-state index is 12.1. The summed E-state index contributed by atoms with van der Waals surface area (Å²) in [6.45, 7) is 7.86. The number of nitrogens with two attached hydrogens (primary N) is 1. The van der Waals surface area contributed by atoms with Crippen LogP contribution in [0.2, 0.25) is 0 Å². The van der Waals surface area contributed by atoms with E-state index in [1.807, 2.05) is 0 Å². The van der Waals surface area contributed by atoms with E-state index in [1.54, 1.807) is 27.7 Å². The molecule has 0 aliphatic carbocycles. The molecule has 0 saturated heterocycles. The number of carboxylic acid groups (broad SMARTS) is 1. The minimum absolute atomic E-state index is 0.221. The molecule has 0 bridgehead atoms. The van der Waals surface area contributed by atoms with E-state index in [0.29, 0.717) is 30.7 Å². The Hall–Kier alpha value is -1.76. The number of hydrogen-bond acceptors (Lipinski definition) is 5. The predicted molar refractivity (Wildman–Crippen MR) is 78.2 cm³/mol. The first-order chi connectivity index (χ1) is 9.69. The van der Waals surface area contributed by atoms with E-state index in [0.717, 1.165) is 0 Å². The highest BCUT2D eigenvalue weighted by molar-refractivity contribution is 5.75. The van der Waals surface area contributed by atoms with Gasteiger partial charge in [-0.1, -0.05) is 6.92 Å². The third-order valence-corrected chi connectivity index (χ3v) is 3.33. The molecule has 4 N–H and O–H groups in total. The number of aliphatic carboxylic acids is 1. The average Bonchev–Trinajstić information content (AvgIpc) is 2.37. The quantitative estimate of drug-likeness (QED) is 0.536. The lowest BCUT2D eigenvalue weighted by Gasteiger charge is -2.34. The van der Waals surface area contributed by atoms with E-state index in [4.69, 9.17) is 10.6 Å². The number of rotatable bonds is 4. The van der Waals surface area contributed by atoms with Crippen LogP contribution in [-0.4, -0.2) is 40.8 Å². The predicted octanol–water partition coefficient (Wildman–Crippen LogP) is 1.46. The molecule has 1 atom stereocenters. The van der Waals surface area contributed by atoms with Crippen LogP contribution in [-0.2, 0) is 9.53 Å². The number of carbonyl (C=O) groups is 2. The Balaban J connectivity index is 2.93. The van der Waals surface area contributed by atoms with Crippen molar-refractivity contribution >= 4 is 12.1 Å². The molecule has 0 saturated carbocycles. The van der Waals surface area contributed by atoms with E-state index in [2.05, 4.69) is 5.43 Å². The van der Waals surface area contributed by atoms with Crippen LogP contribution in [0.1, 0.15) is 40.5 Å². The molecular weight excluding hydrogens is 274 g/mol. The standard InChI is InChI=1S/C14H25N3O4/c1-5-9(12(18)19)10-8-17(7-6-11(10)16-15)13(20)21-14(2,3)4/h9,16H,5-8,15H2,1-4H3,(H,18,19). The van der Waals surface area contributed by atoms with Crippen molar-refractivity contribution in [3.05, 3.63) is 11.3 Å². The highest BCUT2D eigenvalue weighted by Gasteiger charge is 2.32. The van der Waals surface area contributed by atoms with E-state index >= 15 is 0 Å². The Morgan fingerprint density at radius 3 is 2.52 bits per heavy atom. The number of hydrazine groups is 1. The van der Waals surface area contributed by atoms with Gasteiger partial charge >= 0.3 is 12.1 Å². The van der Waals surface area contributed by atoms with E-state index in [-0.39, 0.29) is 6.54 Å². The fourth-order valence-electron chi connectivity index (χ4n) is 2.33. The Morgan fingerprint density at radius 1 is 1.48 bits per heavy atom. The molecular formula is C14H25N3O4. The zero-order valence-electron chi connectivity index (χ0n) is 13.1.